The fourth-order valence-corrected chi connectivity index (χ4v) is 2.36. The topological polar surface area (TPSA) is 37.4 Å². The van der Waals surface area contributed by atoms with Crippen LogP contribution in [0.2, 0.25) is 0 Å². The Hall–Kier alpha value is -1.50. The van der Waals surface area contributed by atoms with Crippen LogP contribution in [0.15, 0.2) is 18.3 Å². The Balaban J connectivity index is 1.79. The summed E-state index contributed by atoms with van der Waals surface area (Å²) in [6.45, 7) is 0.593. The summed E-state index contributed by atoms with van der Waals surface area (Å²) in [4.78, 5) is 6.19. The van der Waals surface area contributed by atoms with Gasteiger partial charge in [-0.15, -0.1) is 0 Å². The Bertz CT molecular complexity index is 436. The van der Waals surface area contributed by atoms with Crippen molar-refractivity contribution in [3.63, 3.8) is 0 Å². The summed E-state index contributed by atoms with van der Waals surface area (Å²) in [5.74, 6) is -0.0207. The second kappa shape index (κ2) is 6.98. The van der Waals surface area contributed by atoms with Gasteiger partial charge in [0.15, 0.2) is 6.61 Å². The lowest BCUT2D eigenvalue weighted by Gasteiger charge is -2.32. The van der Waals surface area contributed by atoms with Crippen LogP contribution in [0.25, 0.3) is 0 Å². The average Bonchev–Trinajstić information content (AvgIpc) is 2.45. The first kappa shape index (κ1) is 15.9. The fourth-order valence-electron chi connectivity index (χ4n) is 2.36. The number of nitrogens with one attached hydrogen (secondary N) is 1. The van der Waals surface area contributed by atoms with E-state index in [0.29, 0.717) is 6.04 Å². The molecule has 0 radical (unpaired) electrons. The largest absolute Gasteiger partial charge is 0.468 e. The van der Waals surface area contributed by atoms with Crippen LogP contribution in [0.5, 0.6) is 5.88 Å². The number of nitrogens with zero attached hydrogens (tertiary/aromatic N) is 2. The SMILES string of the molecule is CN1CCCCC1CNc1ccc(OCC(F)(F)F)nc1. The van der Waals surface area contributed by atoms with E-state index in [1.54, 1.807) is 6.07 Å². The maximum Gasteiger partial charge on any atom is 0.422 e. The standard InChI is InChI=1S/C14H20F3N3O/c1-20-7-3-2-4-12(20)9-18-11-5-6-13(19-8-11)21-10-14(15,16)17/h5-6,8,12,18H,2-4,7,9-10H2,1H3. The Morgan fingerprint density at radius 1 is 1.38 bits per heavy atom. The number of hydrogen-bond donors (Lipinski definition) is 1. The predicted molar refractivity (Wildman–Crippen MR) is 74.5 cm³/mol. The summed E-state index contributed by atoms with van der Waals surface area (Å²) in [7, 11) is 2.11. The van der Waals surface area contributed by atoms with Crippen molar-refractivity contribution in [1.82, 2.24) is 9.88 Å². The van der Waals surface area contributed by atoms with E-state index >= 15 is 0 Å². The summed E-state index contributed by atoms with van der Waals surface area (Å²) in [5.41, 5.74) is 0.785. The number of rotatable bonds is 5. The number of piperidine rings is 1. The highest BCUT2D eigenvalue weighted by atomic mass is 19.4. The van der Waals surface area contributed by atoms with Gasteiger partial charge in [0, 0.05) is 18.7 Å². The molecule has 4 nitrogen and oxygen atoms in total. The van der Waals surface area contributed by atoms with Crippen LogP contribution in [-0.2, 0) is 0 Å². The van der Waals surface area contributed by atoms with E-state index in [1.165, 1.54) is 25.1 Å². The molecule has 1 aromatic heterocycles. The van der Waals surface area contributed by atoms with Gasteiger partial charge in [-0.25, -0.2) is 4.98 Å². The van der Waals surface area contributed by atoms with E-state index in [0.717, 1.165) is 25.2 Å². The van der Waals surface area contributed by atoms with E-state index in [9.17, 15) is 13.2 Å². The molecule has 0 aliphatic carbocycles. The van der Waals surface area contributed by atoms with Crippen molar-refractivity contribution >= 4 is 5.69 Å². The molecule has 0 amide bonds. The lowest BCUT2D eigenvalue weighted by Crippen LogP contribution is -2.40. The first-order valence-corrected chi connectivity index (χ1v) is 7.04. The second-order valence-corrected chi connectivity index (χ2v) is 5.30. The fraction of sp³-hybridized carbons (Fsp3) is 0.643. The highest BCUT2D eigenvalue weighted by Gasteiger charge is 2.28. The highest BCUT2D eigenvalue weighted by molar-refractivity contribution is 5.42. The number of ether oxygens (including phenoxy) is 1. The van der Waals surface area contributed by atoms with Crippen molar-refractivity contribution in [1.29, 1.82) is 0 Å². The molecule has 2 rings (SSSR count). The van der Waals surface area contributed by atoms with E-state index in [4.69, 9.17) is 0 Å². The first-order chi connectivity index (χ1) is 9.94. The number of halogens is 3. The third kappa shape index (κ3) is 5.41. The number of aromatic nitrogens is 1. The predicted octanol–water partition coefficient (Wildman–Crippen LogP) is 2.92. The van der Waals surface area contributed by atoms with Gasteiger partial charge in [-0.05, 0) is 32.5 Å². The van der Waals surface area contributed by atoms with Gasteiger partial charge < -0.3 is 15.0 Å². The molecular weight excluding hydrogens is 283 g/mol. The molecule has 1 aliphatic rings. The summed E-state index contributed by atoms with van der Waals surface area (Å²) < 4.78 is 40.6. The number of hydrogen-bond acceptors (Lipinski definition) is 4. The molecule has 0 bridgehead atoms. The van der Waals surface area contributed by atoms with Crippen LogP contribution in [0.4, 0.5) is 18.9 Å². The molecule has 1 unspecified atom stereocenters. The van der Waals surface area contributed by atoms with Crippen LogP contribution < -0.4 is 10.1 Å². The van der Waals surface area contributed by atoms with E-state index < -0.39 is 12.8 Å². The summed E-state index contributed by atoms with van der Waals surface area (Å²) >= 11 is 0. The molecule has 1 saturated heterocycles. The van der Waals surface area contributed by atoms with Gasteiger partial charge in [-0.3, -0.25) is 0 Å². The Kier molecular flexibility index (Phi) is 5.27. The Labute approximate surface area is 122 Å². The molecule has 1 aromatic rings. The molecule has 1 N–H and O–H groups in total. The van der Waals surface area contributed by atoms with Gasteiger partial charge in [0.2, 0.25) is 5.88 Å². The number of pyridine rings is 1. The number of anilines is 1. The first-order valence-electron chi connectivity index (χ1n) is 7.04. The smallest absolute Gasteiger partial charge is 0.422 e. The summed E-state index contributed by atoms with van der Waals surface area (Å²) in [5, 5.41) is 3.26. The van der Waals surface area contributed by atoms with Crippen molar-refractivity contribution < 1.29 is 17.9 Å². The summed E-state index contributed by atoms with van der Waals surface area (Å²) in [6.07, 6.45) is 0.779. The van der Waals surface area contributed by atoms with Crippen molar-refractivity contribution in [2.45, 2.75) is 31.5 Å². The minimum Gasteiger partial charge on any atom is -0.468 e. The number of likely N-dealkylation sites (tertiary alicyclic amines) is 1. The van der Waals surface area contributed by atoms with Gasteiger partial charge >= 0.3 is 6.18 Å². The molecule has 0 spiro atoms. The van der Waals surface area contributed by atoms with Crippen LogP contribution in [0, 0.1) is 0 Å². The molecule has 0 saturated carbocycles. The van der Waals surface area contributed by atoms with Crippen molar-refractivity contribution in [3.8, 4) is 5.88 Å². The van der Waals surface area contributed by atoms with Gasteiger partial charge in [0.05, 0.1) is 11.9 Å². The zero-order valence-corrected chi connectivity index (χ0v) is 12.0. The molecule has 7 heteroatoms. The highest BCUT2D eigenvalue weighted by Crippen LogP contribution is 2.19. The van der Waals surface area contributed by atoms with E-state index in [-0.39, 0.29) is 5.88 Å². The molecule has 0 aromatic carbocycles. The monoisotopic (exact) mass is 303 g/mol. The Morgan fingerprint density at radius 2 is 2.19 bits per heavy atom. The normalized spacial score (nSPS) is 20.3. The third-order valence-corrected chi connectivity index (χ3v) is 3.58. The molecule has 1 aliphatic heterocycles. The summed E-state index contributed by atoms with van der Waals surface area (Å²) in [6, 6.07) is 3.61. The molecule has 1 atom stereocenters. The molecule has 2 heterocycles. The van der Waals surface area contributed by atoms with Gasteiger partial charge in [0.1, 0.15) is 0 Å². The maximum absolute atomic E-state index is 12.0. The van der Waals surface area contributed by atoms with Crippen LogP contribution in [0.1, 0.15) is 19.3 Å². The average molecular weight is 303 g/mol. The van der Waals surface area contributed by atoms with Crippen molar-refractivity contribution in [2.24, 2.45) is 0 Å². The van der Waals surface area contributed by atoms with Gasteiger partial charge in [-0.2, -0.15) is 13.2 Å². The minimum atomic E-state index is -4.34. The van der Waals surface area contributed by atoms with Crippen molar-refractivity contribution in [3.05, 3.63) is 18.3 Å². The lowest BCUT2D eigenvalue weighted by molar-refractivity contribution is -0.154. The minimum absolute atomic E-state index is 0.0207. The van der Waals surface area contributed by atoms with Crippen LogP contribution in [-0.4, -0.2) is 48.8 Å². The van der Waals surface area contributed by atoms with Crippen molar-refractivity contribution in [2.75, 3.05) is 32.1 Å². The van der Waals surface area contributed by atoms with Gasteiger partial charge in [0.25, 0.3) is 0 Å². The molecular formula is C14H20F3N3O. The zero-order valence-electron chi connectivity index (χ0n) is 12.0. The molecule has 1 fully saturated rings. The maximum atomic E-state index is 12.0. The van der Waals surface area contributed by atoms with Gasteiger partial charge in [-0.1, -0.05) is 6.42 Å². The zero-order chi connectivity index (χ0) is 15.3. The Morgan fingerprint density at radius 3 is 2.81 bits per heavy atom. The lowest BCUT2D eigenvalue weighted by atomic mass is 10.0. The number of likely N-dealkylation sites (N-methyl/N-ethyl adjacent to an activating group) is 1. The number of alkyl halides is 3. The van der Waals surface area contributed by atoms with E-state index in [1.807, 2.05) is 0 Å². The van der Waals surface area contributed by atoms with Crippen LogP contribution in [0.3, 0.4) is 0 Å². The quantitative estimate of drug-likeness (QED) is 0.907. The third-order valence-electron chi connectivity index (χ3n) is 3.58. The van der Waals surface area contributed by atoms with Crippen LogP contribution >= 0.6 is 0 Å². The van der Waals surface area contributed by atoms with E-state index in [2.05, 4.69) is 27.0 Å². The molecule has 21 heavy (non-hydrogen) atoms. The second-order valence-electron chi connectivity index (χ2n) is 5.30. The molecule has 118 valence electrons.